The number of hydrogen-bond donors (Lipinski definition) is 0. The molecule has 1 aliphatic rings. The van der Waals surface area contributed by atoms with Crippen molar-refractivity contribution < 1.29 is 28.4 Å². The van der Waals surface area contributed by atoms with Crippen molar-refractivity contribution in [1.82, 2.24) is 0 Å². The Balaban J connectivity index is 1.56. The lowest BCUT2D eigenvalue weighted by molar-refractivity contribution is -0.318. The summed E-state index contributed by atoms with van der Waals surface area (Å²) in [6.07, 6.45) is -0.538. The molecule has 6 nitrogen and oxygen atoms in total. The van der Waals surface area contributed by atoms with Gasteiger partial charge in [-0.3, -0.25) is 0 Å². The van der Waals surface area contributed by atoms with E-state index >= 15 is 0 Å². The Hall–Kier alpha value is -3.00. The summed E-state index contributed by atoms with van der Waals surface area (Å²) in [6.45, 7) is 7.31. The van der Waals surface area contributed by atoms with Gasteiger partial charge in [-0.25, -0.2) is 0 Å². The quantitative estimate of drug-likeness (QED) is 0.279. The minimum Gasteiger partial charge on any atom is -0.497 e. The molecule has 0 radical (unpaired) electrons. The lowest BCUT2D eigenvalue weighted by atomic mass is 9.98. The fourth-order valence-corrected chi connectivity index (χ4v) is 4.31. The third-order valence-electron chi connectivity index (χ3n) is 6.28. The third-order valence-corrected chi connectivity index (χ3v) is 6.28. The molecular formula is C31H36O6. The number of methoxy groups -OCH3 is 1. The molecule has 0 unspecified atom stereocenters. The van der Waals surface area contributed by atoms with Crippen molar-refractivity contribution in [2.45, 2.75) is 57.5 Å². The summed E-state index contributed by atoms with van der Waals surface area (Å²) in [4.78, 5) is 0. The first-order valence-electron chi connectivity index (χ1n) is 12.6. The minimum atomic E-state index is -0.630. The summed E-state index contributed by atoms with van der Waals surface area (Å²) >= 11 is 0. The molecule has 1 fully saturated rings. The summed E-state index contributed by atoms with van der Waals surface area (Å²) in [5.41, 5.74) is 3.15. The van der Waals surface area contributed by atoms with E-state index in [0.717, 1.165) is 22.4 Å². The van der Waals surface area contributed by atoms with E-state index in [1.807, 2.05) is 91.9 Å². The maximum absolute atomic E-state index is 6.55. The zero-order valence-corrected chi connectivity index (χ0v) is 21.5. The molecule has 3 aromatic carbocycles. The lowest BCUT2D eigenvalue weighted by Gasteiger charge is -2.45. The molecule has 0 N–H and O–H groups in total. The normalized spacial score (nSPS) is 23.5. The lowest BCUT2D eigenvalue weighted by Crippen LogP contribution is -2.60. The highest BCUT2D eigenvalue weighted by molar-refractivity contribution is 5.26. The third kappa shape index (κ3) is 7.74. The molecule has 4 rings (SSSR count). The Morgan fingerprint density at radius 3 is 1.73 bits per heavy atom. The number of benzene rings is 3. The molecule has 3 aromatic rings. The van der Waals surface area contributed by atoms with Crippen molar-refractivity contribution in [1.29, 1.82) is 0 Å². The maximum atomic E-state index is 6.55. The fourth-order valence-electron chi connectivity index (χ4n) is 4.31. The second-order valence-electron chi connectivity index (χ2n) is 8.98. The zero-order chi connectivity index (χ0) is 25.9. The van der Waals surface area contributed by atoms with Crippen LogP contribution in [0.5, 0.6) is 5.75 Å². The van der Waals surface area contributed by atoms with E-state index in [4.69, 9.17) is 28.4 Å². The summed E-state index contributed by atoms with van der Waals surface area (Å²) in [6, 6.07) is 27.9. The van der Waals surface area contributed by atoms with Crippen LogP contribution in [0.4, 0.5) is 0 Å². The van der Waals surface area contributed by atoms with E-state index in [-0.39, 0.29) is 12.2 Å². The van der Waals surface area contributed by atoms with Crippen LogP contribution in [0.3, 0.4) is 0 Å². The van der Waals surface area contributed by atoms with Gasteiger partial charge in [-0.1, -0.05) is 78.9 Å². The average Bonchev–Trinajstić information content (AvgIpc) is 2.95. The summed E-state index contributed by atoms with van der Waals surface area (Å²) in [5, 5.41) is 0. The molecule has 0 spiro atoms. The van der Waals surface area contributed by atoms with Gasteiger partial charge in [0, 0.05) is 0 Å². The van der Waals surface area contributed by atoms with Crippen LogP contribution in [0.2, 0.25) is 0 Å². The van der Waals surface area contributed by atoms with E-state index in [2.05, 4.69) is 6.58 Å². The number of ether oxygens (including phenoxy) is 6. The van der Waals surface area contributed by atoms with Crippen LogP contribution in [-0.4, -0.2) is 44.4 Å². The van der Waals surface area contributed by atoms with Crippen LogP contribution in [0.25, 0.3) is 0 Å². The first-order chi connectivity index (χ1) is 18.2. The highest BCUT2D eigenvalue weighted by Crippen LogP contribution is 2.31. The molecule has 6 heteroatoms. The largest absolute Gasteiger partial charge is 0.497 e. The van der Waals surface area contributed by atoms with Crippen molar-refractivity contribution in [3.63, 3.8) is 0 Å². The van der Waals surface area contributed by atoms with Gasteiger partial charge < -0.3 is 28.4 Å². The Labute approximate surface area is 219 Å². The average molecular weight is 505 g/mol. The molecule has 0 saturated carbocycles. The molecule has 1 aliphatic heterocycles. The summed E-state index contributed by atoms with van der Waals surface area (Å²) in [5.74, 6) is 0.800. The second kappa shape index (κ2) is 14.1. The highest BCUT2D eigenvalue weighted by Gasteiger charge is 2.47. The predicted octanol–water partition coefficient (Wildman–Crippen LogP) is 5.70. The molecule has 0 aliphatic carbocycles. The zero-order valence-electron chi connectivity index (χ0n) is 21.5. The number of hydrogen-bond acceptors (Lipinski definition) is 6. The van der Waals surface area contributed by atoms with Crippen molar-refractivity contribution in [2.75, 3.05) is 13.7 Å². The molecular weight excluding hydrogens is 468 g/mol. The Morgan fingerprint density at radius 1 is 0.676 bits per heavy atom. The fraction of sp³-hybridized carbons (Fsp3) is 0.355. The van der Waals surface area contributed by atoms with E-state index < -0.39 is 18.5 Å². The van der Waals surface area contributed by atoms with Gasteiger partial charge in [0.2, 0.25) is 0 Å². The predicted molar refractivity (Wildman–Crippen MR) is 142 cm³/mol. The van der Waals surface area contributed by atoms with Crippen LogP contribution in [0.1, 0.15) is 23.6 Å². The van der Waals surface area contributed by atoms with Crippen LogP contribution in [-0.2, 0) is 43.5 Å². The first-order valence-corrected chi connectivity index (χ1v) is 12.6. The van der Waals surface area contributed by atoms with Gasteiger partial charge >= 0.3 is 0 Å². The molecule has 0 bridgehead atoms. The monoisotopic (exact) mass is 504 g/mol. The molecule has 196 valence electrons. The number of rotatable bonds is 13. The Kier molecular flexibility index (Phi) is 10.3. The molecule has 0 aromatic heterocycles. The topological polar surface area (TPSA) is 55.4 Å². The SMILES string of the molecule is C=CCO[C@@H]1O[C@@H](C)[C@H](OCc2ccccc2)[C@@H](OCc2ccc(OC)cc2)[C@H]1OCc1ccccc1. The molecule has 1 heterocycles. The van der Waals surface area contributed by atoms with Crippen molar-refractivity contribution in [3.8, 4) is 5.75 Å². The smallest absolute Gasteiger partial charge is 0.187 e. The molecule has 1 saturated heterocycles. The molecule has 37 heavy (non-hydrogen) atoms. The van der Waals surface area contributed by atoms with E-state index in [1.54, 1.807) is 13.2 Å². The second-order valence-corrected chi connectivity index (χ2v) is 8.98. The van der Waals surface area contributed by atoms with Gasteiger partial charge in [0.1, 0.15) is 24.1 Å². The van der Waals surface area contributed by atoms with E-state index in [0.29, 0.717) is 26.4 Å². The van der Waals surface area contributed by atoms with Crippen LogP contribution in [0, 0.1) is 0 Å². The van der Waals surface area contributed by atoms with Crippen LogP contribution < -0.4 is 4.74 Å². The Morgan fingerprint density at radius 2 is 1.19 bits per heavy atom. The summed E-state index contributed by atoms with van der Waals surface area (Å²) in [7, 11) is 1.65. The van der Waals surface area contributed by atoms with Gasteiger partial charge in [-0.15, -0.1) is 6.58 Å². The maximum Gasteiger partial charge on any atom is 0.187 e. The Bertz CT molecular complexity index is 1060. The van der Waals surface area contributed by atoms with Gasteiger partial charge in [-0.05, 0) is 35.7 Å². The van der Waals surface area contributed by atoms with Crippen molar-refractivity contribution >= 4 is 0 Å². The van der Waals surface area contributed by atoms with Gasteiger partial charge in [0.25, 0.3) is 0 Å². The summed E-state index contributed by atoms with van der Waals surface area (Å²) < 4.78 is 37.0. The van der Waals surface area contributed by atoms with Crippen molar-refractivity contribution in [2.24, 2.45) is 0 Å². The highest BCUT2D eigenvalue weighted by atomic mass is 16.7. The minimum absolute atomic E-state index is 0.282. The standard InChI is InChI=1S/C31H36O6/c1-4-19-33-31-30(36-21-25-13-9-6-10-14-25)29(35-22-26-15-17-27(32-3)18-16-26)28(23(2)37-31)34-20-24-11-7-5-8-12-24/h4-18,23,28-31H,1,19-22H2,2-3H3/t23-,28-,29+,30+,31+/m0/s1. The van der Waals surface area contributed by atoms with Gasteiger partial charge in [0.05, 0.1) is 39.6 Å². The van der Waals surface area contributed by atoms with Crippen LogP contribution in [0.15, 0.2) is 97.6 Å². The van der Waals surface area contributed by atoms with Crippen LogP contribution >= 0.6 is 0 Å². The van der Waals surface area contributed by atoms with Gasteiger partial charge in [-0.2, -0.15) is 0 Å². The van der Waals surface area contributed by atoms with Gasteiger partial charge in [0.15, 0.2) is 6.29 Å². The first kappa shape index (κ1) is 27.0. The molecule has 0 amide bonds. The van der Waals surface area contributed by atoms with E-state index in [9.17, 15) is 0 Å². The van der Waals surface area contributed by atoms with E-state index in [1.165, 1.54) is 0 Å². The molecule has 5 atom stereocenters. The van der Waals surface area contributed by atoms with Crippen molar-refractivity contribution in [3.05, 3.63) is 114 Å².